The van der Waals surface area contributed by atoms with Gasteiger partial charge in [0.25, 0.3) is 5.91 Å². The number of nitrogens with one attached hydrogen (secondary N) is 2. The van der Waals surface area contributed by atoms with Crippen LogP contribution in [-0.2, 0) is 11.2 Å². The van der Waals surface area contributed by atoms with Gasteiger partial charge in [-0.3, -0.25) is 14.5 Å². The van der Waals surface area contributed by atoms with E-state index in [1.165, 1.54) is 18.2 Å². The van der Waals surface area contributed by atoms with Crippen molar-refractivity contribution in [1.82, 2.24) is 10.2 Å². The number of piperazine rings is 1. The van der Waals surface area contributed by atoms with E-state index in [1.54, 1.807) is 17.0 Å². The number of nitrogens with two attached hydrogens (primary N) is 1. The summed E-state index contributed by atoms with van der Waals surface area (Å²) in [4.78, 5) is 28.0. The fourth-order valence-electron chi connectivity index (χ4n) is 4.94. The van der Waals surface area contributed by atoms with Crippen molar-refractivity contribution in [2.45, 2.75) is 43.9 Å². The molecule has 2 saturated heterocycles. The summed E-state index contributed by atoms with van der Waals surface area (Å²) >= 11 is 12.4. The molecule has 0 aromatic heterocycles. The maximum Gasteiger partial charge on any atom is 0.390 e. The van der Waals surface area contributed by atoms with Crippen molar-refractivity contribution in [3.05, 3.63) is 57.3 Å². The van der Waals surface area contributed by atoms with Crippen molar-refractivity contribution in [2.75, 3.05) is 42.9 Å². The minimum absolute atomic E-state index is 0.0192. The summed E-state index contributed by atoms with van der Waals surface area (Å²) in [5, 5.41) is 6.28. The Morgan fingerprint density at radius 2 is 1.74 bits per heavy atom. The number of rotatable bonds is 8. The molecule has 212 valence electrons. The van der Waals surface area contributed by atoms with Gasteiger partial charge in [0.05, 0.1) is 39.4 Å². The number of primary amides is 1. The predicted octanol–water partition coefficient (Wildman–Crippen LogP) is 4.61. The lowest BCUT2D eigenvalue weighted by molar-refractivity contribution is -0.138. The molecule has 0 saturated carbocycles. The molecule has 2 aromatic rings. The fraction of sp³-hybridized carbons (Fsp3) is 0.462. The molecule has 2 aliphatic heterocycles. The number of hydrogen-bond donors (Lipinski definition) is 3. The summed E-state index contributed by atoms with van der Waals surface area (Å²) in [6, 6.07) is 7.00. The zero-order chi connectivity index (χ0) is 28.3. The summed E-state index contributed by atoms with van der Waals surface area (Å²) in [5.74, 6) is -1.80. The first-order chi connectivity index (χ1) is 18.4. The second-order valence-electron chi connectivity index (χ2n) is 9.85. The minimum Gasteiger partial charge on any atom is -0.368 e. The van der Waals surface area contributed by atoms with E-state index in [0.29, 0.717) is 56.0 Å². The summed E-state index contributed by atoms with van der Waals surface area (Å²) in [6.07, 6.45) is -3.26. The van der Waals surface area contributed by atoms with Crippen molar-refractivity contribution in [1.29, 1.82) is 0 Å². The SMILES string of the molecule is NC(=O)C1CCC(Cc2ccc(C(=O)Nc3cc(Cl)c(Cl)cc3N3CCN(CCC(F)(F)F)CC3)c(F)c2)N1. The Kier molecular flexibility index (Phi) is 9.25. The van der Waals surface area contributed by atoms with Crippen LogP contribution >= 0.6 is 23.2 Å². The van der Waals surface area contributed by atoms with Gasteiger partial charge in [0, 0.05) is 38.8 Å². The standard InChI is InChI=1S/C26H29Cl2F4N5O2/c27-18-13-22(23(14-19(18)28)37-9-7-36(8-10-37)6-5-26(30,31)32)35-25(39)17-3-1-15(12-20(17)29)11-16-2-4-21(34-16)24(33)38/h1,3,12-14,16,21,34H,2,4-11H2,(H2,33,38)(H,35,39). The molecule has 2 amide bonds. The van der Waals surface area contributed by atoms with Crippen LogP contribution in [0.15, 0.2) is 30.3 Å². The Labute approximate surface area is 233 Å². The maximum atomic E-state index is 15.0. The number of halogens is 6. The quantitative estimate of drug-likeness (QED) is 0.391. The van der Waals surface area contributed by atoms with Gasteiger partial charge >= 0.3 is 6.18 Å². The third kappa shape index (κ3) is 7.75. The molecule has 2 aliphatic rings. The molecule has 0 bridgehead atoms. The molecular formula is C26H29Cl2F4N5O2. The first kappa shape index (κ1) is 29.4. The number of carbonyl (C=O) groups excluding carboxylic acids is 2. The zero-order valence-electron chi connectivity index (χ0n) is 21.0. The summed E-state index contributed by atoms with van der Waals surface area (Å²) in [5.41, 5.74) is 6.70. The molecule has 0 aliphatic carbocycles. The number of alkyl halides is 3. The van der Waals surface area contributed by atoms with E-state index in [0.717, 1.165) is 6.42 Å². The van der Waals surface area contributed by atoms with Crippen molar-refractivity contribution >= 4 is 46.4 Å². The van der Waals surface area contributed by atoms with E-state index in [-0.39, 0.29) is 28.2 Å². The molecule has 7 nitrogen and oxygen atoms in total. The smallest absolute Gasteiger partial charge is 0.368 e. The van der Waals surface area contributed by atoms with Crippen LogP contribution in [-0.4, -0.2) is 67.7 Å². The molecule has 2 fully saturated rings. The Morgan fingerprint density at radius 1 is 1.05 bits per heavy atom. The molecular weight excluding hydrogens is 561 g/mol. The van der Waals surface area contributed by atoms with Gasteiger partial charge in [0.1, 0.15) is 5.82 Å². The lowest BCUT2D eigenvalue weighted by Crippen LogP contribution is -2.47. The van der Waals surface area contributed by atoms with E-state index in [1.807, 2.05) is 4.90 Å². The van der Waals surface area contributed by atoms with Gasteiger partial charge in [0.2, 0.25) is 5.91 Å². The highest BCUT2D eigenvalue weighted by molar-refractivity contribution is 6.42. The van der Waals surface area contributed by atoms with Gasteiger partial charge in [-0.15, -0.1) is 0 Å². The molecule has 0 spiro atoms. The zero-order valence-corrected chi connectivity index (χ0v) is 22.5. The monoisotopic (exact) mass is 589 g/mol. The lowest BCUT2D eigenvalue weighted by Gasteiger charge is -2.37. The van der Waals surface area contributed by atoms with Gasteiger partial charge in [-0.25, -0.2) is 4.39 Å². The molecule has 2 heterocycles. The van der Waals surface area contributed by atoms with Gasteiger partial charge in [-0.05, 0) is 49.1 Å². The van der Waals surface area contributed by atoms with Gasteiger partial charge in [0.15, 0.2) is 0 Å². The Bertz CT molecular complexity index is 1220. The lowest BCUT2D eigenvalue weighted by atomic mass is 10.0. The van der Waals surface area contributed by atoms with Gasteiger partial charge in [-0.1, -0.05) is 29.3 Å². The van der Waals surface area contributed by atoms with E-state index in [9.17, 15) is 27.2 Å². The third-order valence-electron chi connectivity index (χ3n) is 7.06. The highest BCUT2D eigenvalue weighted by Gasteiger charge is 2.30. The molecule has 2 unspecified atom stereocenters. The van der Waals surface area contributed by atoms with Crippen LogP contribution in [0.5, 0.6) is 0 Å². The number of hydrogen-bond acceptors (Lipinski definition) is 5. The van der Waals surface area contributed by atoms with E-state index in [4.69, 9.17) is 28.9 Å². The second kappa shape index (κ2) is 12.3. The number of carbonyl (C=O) groups is 2. The highest BCUT2D eigenvalue weighted by Crippen LogP contribution is 2.36. The number of amides is 2. The Hall–Kier alpha value is -2.60. The maximum absolute atomic E-state index is 15.0. The highest BCUT2D eigenvalue weighted by atomic mass is 35.5. The average molecular weight is 590 g/mol. The van der Waals surface area contributed by atoms with Crippen LogP contribution in [0.4, 0.5) is 28.9 Å². The Balaban J connectivity index is 1.43. The fourth-order valence-corrected chi connectivity index (χ4v) is 5.27. The largest absolute Gasteiger partial charge is 0.390 e. The van der Waals surface area contributed by atoms with Crippen molar-refractivity contribution in [3.8, 4) is 0 Å². The van der Waals surface area contributed by atoms with Crippen LogP contribution in [0.25, 0.3) is 0 Å². The van der Waals surface area contributed by atoms with Crippen LogP contribution < -0.4 is 21.3 Å². The number of nitrogens with zero attached hydrogens (tertiary/aromatic N) is 2. The van der Waals surface area contributed by atoms with Gasteiger partial charge in [-0.2, -0.15) is 13.2 Å². The predicted molar refractivity (Wildman–Crippen MR) is 143 cm³/mol. The van der Waals surface area contributed by atoms with Crippen LogP contribution in [0.1, 0.15) is 35.2 Å². The summed E-state index contributed by atoms with van der Waals surface area (Å²) in [7, 11) is 0. The molecule has 4 rings (SSSR count). The molecule has 39 heavy (non-hydrogen) atoms. The average Bonchev–Trinajstić information content (AvgIpc) is 3.34. The Morgan fingerprint density at radius 3 is 2.36 bits per heavy atom. The summed E-state index contributed by atoms with van der Waals surface area (Å²) < 4.78 is 52.7. The normalized spacial score (nSPS) is 20.3. The number of benzene rings is 2. The second-order valence-corrected chi connectivity index (χ2v) is 10.7. The third-order valence-corrected chi connectivity index (χ3v) is 7.78. The van der Waals surface area contributed by atoms with Crippen LogP contribution in [0.2, 0.25) is 10.0 Å². The molecule has 4 N–H and O–H groups in total. The molecule has 0 radical (unpaired) electrons. The molecule has 2 atom stereocenters. The topological polar surface area (TPSA) is 90.7 Å². The van der Waals surface area contributed by atoms with Gasteiger partial charge < -0.3 is 21.3 Å². The summed E-state index contributed by atoms with van der Waals surface area (Å²) in [6.45, 7) is 1.53. The minimum atomic E-state index is -4.22. The van der Waals surface area contributed by atoms with Crippen molar-refractivity contribution in [2.24, 2.45) is 5.73 Å². The molecule has 13 heteroatoms. The molecule has 2 aromatic carbocycles. The van der Waals surface area contributed by atoms with Crippen molar-refractivity contribution in [3.63, 3.8) is 0 Å². The number of anilines is 2. The van der Waals surface area contributed by atoms with E-state index >= 15 is 0 Å². The first-order valence-corrected chi connectivity index (χ1v) is 13.3. The van der Waals surface area contributed by atoms with Crippen molar-refractivity contribution < 1.29 is 27.2 Å². The van der Waals surface area contributed by atoms with Crippen LogP contribution in [0.3, 0.4) is 0 Å². The van der Waals surface area contributed by atoms with E-state index < -0.39 is 36.3 Å². The van der Waals surface area contributed by atoms with Crippen LogP contribution in [0, 0.1) is 5.82 Å². The van der Waals surface area contributed by atoms with E-state index in [2.05, 4.69) is 10.6 Å². The first-order valence-electron chi connectivity index (χ1n) is 12.6.